The number of methoxy groups -OCH3 is 1. The Hall–Kier alpha value is -1.80. The Morgan fingerprint density at radius 3 is 2.50 bits per heavy atom. The van der Waals surface area contributed by atoms with E-state index >= 15 is 0 Å². The maximum Gasteiger partial charge on any atom is 0.416 e. The number of hydrogen-bond donors (Lipinski definition) is 2. The molecule has 1 aromatic rings. The van der Waals surface area contributed by atoms with Crippen LogP contribution in [0.5, 0.6) is 0 Å². The van der Waals surface area contributed by atoms with Crippen LogP contribution in [0.2, 0.25) is 0 Å². The fourth-order valence-corrected chi connectivity index (χ4v) is 1.87. The zero-order chi connectivity index (χ0) is 16.9. The molecule has 0 heterocycles. The van der Waals surface area contributed by atoms with E-state index < -0.39 is 23.8 Å². The normalized spacial score (nSPS) is 12.9. The van der Waals surface area contributed by atoms with Gasteiger partial charge in [-0.1, -0.05) is 0 Å². The van der Waals surface area contributed by atoms with E-state index in [1.807, 2.05) is 0 Å². The molecule has 0 saturated carbocycles. The topological polar surface area (TPSA) is 67.6 Å². The number of ether oxygens (including phenoxy) is 1. The summed E-state index contributed by atoms with van der Waals surface area (Å²) in [6.07, 6.45) is -4.99. The first-order chi connectivity index (χ1) is 10.2. The van der Waals surface area contributed by atoms with Gasteiger partial charge in [0, 0.05) is 27.7 Å². The molecule has 0 aliphatic carbocycles. The Bertz CT molecular complexity index is 515. The minimum absolute atomic E-state index is 0.0316. The lowest BCUT2D eigenvalue weighted by molar-refractivity contribution is -0.137. The number of rotatable bonds is 6. The van der Waals surface area contributed by atoms with Crippen molar-refractivity contribution < 1.29 is 22.7 Å². The highest BCUT2D eigenvalue weighted by molar-refractivity contribution is 5.94. The van der Waals surface area contributed by atoms with E-state index in [1.165, 1.54) is 13.2 Å². The number of halogens is 3. The van der Waals surface area contributed by atoms with Crippen LogP contribution in [0.25, 0.3) is 0 Å². The summed E-state index contributed by atoms with van der Waals surface area (Å²) in [7, 11) is 4.77. The number of nitrogens with one attached hydrogen (secondary N) is 1. The highest BCUT2D eigenvalue weighted by Gasteiger charge is 2.31. The summed E-state index contributed by atoms with van der Waals surface area (Å²) >= 11 is 0. The number of amides is 1. The molecule has 1 atom stereocenters. The second-order valence-corrected chi connectivity index (χ2v) is 4.97. The average molecular weight is 319 g/mol. The molecule has 0 bridgehead atoms. The molecule has 124 valence electrons. The first kappa shape index (κ1) is 18.2. The van der Waals surface area contributed by atoms with Crippen molar-refractivity contribution in [3.63, 3.8) is 0 Å². The molecule has 0 aliphatic heterocycles. The molecule has 1 unspecified atom stereocenters. The first-order valence-corrected chi connectivity index (χ1v) is 6.60. The third-order valence-corrected chi connectivity index (χ3v) is 3.09. The van der Waals surface area contributed by atoms with Gasteiger partial charge in [-0.15, -0.1) is 0 Å². The monoisotopic (exact) mass is 319 g/mol. The number of carbonyl (C=O) groups excluding carboxylic acids is 1. The number of nitrogens with two attached hydrogens (primary N) is 1. The maximum atomic E-state index is 12.8. The Balaban J connectivity index is 3.02. The van der Waals surface area contributed by atoms with Gasteiger partial charge in [0.2, 0.25) is 5.91 Å². The molecule has 8 heteroatoms. The van der Waals surface area contributed by atoms with Gasteiger partial charge in [-0.3, -0.25) is 4.79 Å². The van der Waals surface area contributed by atoms with E-state index in [0.717, 1.165) is 12.1 Å². The second kappa shape index (κ2) is 7.46. The molecular weight excluding hydrogens is 299 g/mol. The molecule has 0 aromatic heterocycles. The molecule has 0 saturated heterocycles. The lowest BCUT2D eigenvalue weighted by Crippen LogP contribution is -2.28. The van der Waals surface area contributed by atoms with Gasteiger partial charge in [0.15, 0.2) is 0 Å². The number of anilines is 2. The van der Waals surface area contributed by atoms with Crippen LogP contribution in [0.4, 0.5) is 24.5 Å². The molecule has 3 N–H and O–H groups in total. The van der Waals surface area contributed by atoms with Crippen LogP contribution in [-0.4, -0.2) is 39.8 Å². The van der Waals surface area contributed by atoms with E-state index in [4.69, 9.17) is 10.5 Å². The predicted octanol–water partition coefficient (Wildman–Crippen LogP) is 2.07. The van der Waals surface area contributed by atoms with Crippen LogP contribution in [0, 0.1) is 0 Å². The second-order valence-electron chi connectivity index (χ2n) is 4.97. The van der Waals surface area contributed by atoms with Crippen LogP contribution in [0.1, 0.15) is 12.0 Å². The predicted molar refractivity (Wildman–Crippen MR) is 78.9 cm³/mol. The van der Waals surface area contributed by atoms with Gasteiger partial charge in [0.25, 0.3) is 0 Å². The van der Waals surface area contributed by atoms with Crippen molar-refractivity contribution in [2.45, 2.75) is 18.7 Å². The molecule has 0 radical (unpaired) electrons. The number of carbonyl (C=O) groups is 1. The van der Waals surface area contributed by atoms with E-state index in [9.17, 15) is 18.0 Å². The SMILES string of the molecule is COC(CN)CC(=O)Nc1cc(C(F)(F)F)ccc1N(C)C. The fraction of sp³-hybridized carbons (Fsp3) is 0.500. The molecule has 0 spiro atoms. The summed E-state index contributed by atoms with van der Waals surface area (Å²) in [6, 6.07) is 3.20. The number of benzene rings is 1. The first-order valence-electron chi connectivity index (χ1n) is 6.60. The van der Waals surface area contributed by atoms with Crippen LogP contribution >= 0.6 is 0 Å². The van der Waals surface area contributed by atoms with E-state index in [1.54, 1.807) is 19.0 Å². The van der Waals surface area contributed by atoms with Crippen molar-refractivity contribution >= 4 is 17.3 Å². The zero-order valence-corrected chi connectivity index (χ0v) is 12.7. The maximum absolute atomic E-state index is 12.8. The van der Waals surface area contributed by atoms with Gasteiger partial charge in [-0.05, 0) is 18.2 Å². The van der Waals surface area contributed by atoms with E-state index in [-0.39, 0.29) is 18.7 Å². The lowest BCUT2D eigenvalue weighted by atomic mass is 10.1. The molecule has 0 aliphatic rings. The minimum atomic E-state index is -4.48. The van der Waals surface area contributed by atoms with Crippen molar-refractivity contribution in [3.8, 4) is 0 Å². The lowest BCUT2D eigenvalue weighted by Gasteiger charge is -2.20. The number of hydrogen-bond acceptors (Lipinski definition) is 4. The molecular formula is C14H20F3N3O2. The minimum Gasteiger partial charge on any atom is -0.380 e. The fourth-order valence-electron chi connectivity index (χ4n) is 1.87. The van der Waals surface area contributed by atoms with Gasteiger partial charge >= 0.3 is 6.18 Å². The van der Waals surface area contributed by atoms with Crippen molar-refractivity contribution in [3.05, 3.63) is 23.8 Å². The summed E-state index contributed by atoms with van der Waals surface area (Å²) in [5, 5.41) is 2.49. The summed E-state index contributed by atoms with van der Waals surface area (Å²) in [4.78, 5) is 13.5. The Kier molecular flexibility index (Phi) is 6.19. The van der Waals surface area contributed by atoms with Crippen molar-refractivity contribution in [2.75, 3.05) is 38.0 Å². The summed E-state index contributed by atoms with van der Waals surface area (Å²) in [6.45, 7) is 0.146. The van der Waals surface area contributed by atoms with Crippen molar-refractivity contribution in [1.29, 1.82) is 0 Å². The van der Waals surface area contributed by atoms with Crippen molar-refractivity contribution in [2.24, 2.45) is 5.73 Å². The molecule has 22 heavy (non-hydrogen) atoms. The molecule has 0 fully saturated rings. The Morgan fingerprint density at radius 2 is 2.05 bits per heavy atom. The van der Waals surface area contributed by atoms with E-state index in [2.05, 4.69) is 5.32 Å². The molecule has 1 amide bonds. The zero-order valence-electron chi connectivity index (χ0n) is 12.7. The molecule has 5 nitrogen and oxygen atoms in total. The van der Waals surface area contributed by atoms with E-state index in [0.29, 0.717) is 5.69 Å². The smallest absolute Gasteiger partial charge is 0.380 e. The molecule has 1 rings (SSSR count). The number of nitrogens with zero attached hydrogens (tertiary/aromatic N) is 1. The molecule has 1 aromatic carbocycles. The Morgan fingerprint density at radius 1 is 1.41 bits per heavy atom. The summed E-state index contributed by atoms with van der Waals surface area (Å²) in [5.41, 5.74) is 5.17. The third kappa shape index (κ3) is 4.88. The van der Waals surface area contributed by atoms with Gasteiger partial charge in [-0.25, -0.2) is 0 Å². The number of alkyl halides is 3. The van der Waals surface area contributed by atoms with Gasteiger partial charge in [0.05, 0.1) is 29.5 Å². The van der Waals surface area contributed by atoms with Gasteiger partial charge in [-0.2, -0.15) is 13.2 Å². The average Bonchev–Trinajstić information content (AvgIpc) is 2.43. The third-order valence-electron chi connectivity index (χ3n) is 3.09. The summed E-state index contributed by atoms with van der Waals surface area (Å²) in [5.74, 6) is -0.459. The highest BCUT2D eigenvalue weighted by Crippen LogP contribution is 2.34. The van der Waals surface area contributed by atoms with Crippen molar-refractivity contribution in [1.82, 2.24) is 0 Å². The highest BCUT2D eigenvalue weighted by atomic mass is 19.4. The largest absolute Gasteiger partial charge is 0.416 e. The Labute approximate surface area is 127 Å². The van der Waals surface area contributed by atoms with Crippen LogP contribution in [0.3, 0.4) is 0 Å². The van der Waals surface area contributed by atoms with Gasteiger partial charge in [0.1, 0.15) is 0 Å². The van der Waals surface area contributed by atoms with Crippen LogP contribution < -0.4 is 16.0 Å². The summed E-state index contributed by atoms with van der Waals surface area (Å²) < 4.78 is 43.4. The standard InChI is InChI=1S/C14H20F3N3O2/c1-20(2)12-5-4-9(14(15,16)17)6-11(12)19-13(21)7-10(8-18)22-3/h4-6,10H,7-8,18H2,1-3H3,(H,19,21). The quantitative estimate of drug-likeness (QED) is 0.842. The van der Waals surface area contributed by atoms with Crippen LogP contribution in [0.15, 0.2) is 18.2 Å². The van der Waals surface area contributed by atoms with Gasteiger partial charge < -0.3 is 20.7 Å². The van der Waals surface area contributed by atoms with Crippen LogP contribution in [-0.2, 0) is 15.7 Å².